The third kappa shape index (κ3) is 0.674. The van der Waals surface area contributed by atoms with Gasteiger partial charge < -0.3 is 0 Å². The molecule has 1 aliphatic carbocycles. The van der Waals surface area contributed by atoms with Crippen LogP contribution in [0, 0.1) is 0 Å². The van der Waals surface area contributed by atoms with Crippen molar-refractivity contribution in [3.63, 3.8) is 0 Å². The molecule has 3 rings (SSSR count). The van der Waals surface area contributed by atoms with Crippen molar-refractivity contribution in [2.45, 2.75) is 18.4 Å². The smallest absolute Gasteiger partial charge is 0.0354 e. The molecule has 1 aromatic carbocycles. The average Bonchev–Trinajstić information content (AvgIpc) is 2.62. The minimum Gasteiger partial charge on any atom is -0.299 e. The first kappa shape index (κ1) is 6.67. The van der Waals surface area contributed by atoms with E-state index in [1.165, 1.54) is 13.0 Å². The Morgan fingerprint density at radius 3 is 2.83 bits per heavy atom. The third-order valence-corrected chi connectivity index (χ3v) is 3.34. The van der Waals surface area contributed by atoms with Crippen LogP contribution in [0.25, 0.3) is 0 Å². The summed E-state index contributed by atoms with van der Waals surface area (Å²) in [5.41, 5.74) is 3.19. The fraction of sp³-hybridized carbons (Fsp3) is 0.455. The first-order chi connectivity index (χ1) is 5.86. The van der Waals surface area contributed by atoms with E-state index in [1.54, 1.807) is 11.1 Å². The molecule has 0 unspecified atom stereocenters. The van der Waals surface area contributed by atoms with Gasteiger partial charge in [-0.25, -0.2) is 0 Å². The second-order valence-corrected chi connectivity index (χ2v) is 4.02. The van der Waals surface area contributed by atoms with E-state index in [1.807, 2.05) is 0 Å². The summed E-state index contributed by atoms with van der Waals surface area (Å²) in [5, 5.41) is 0. The number of rotatable bonds is 0. The van der Waals surface area contributed by atoms with Gasteiger partial charge >= 0.3 is 0 Å². The van der Waals surface area contributed by atoms with Gasteiger partial charge in [-0.2, -0.15) is 0 Å². The molecule has 12 heavy (non-hydrogen) atoms. The van der Waals surface area contributed by atoms with E-state index in [-0.39, 0.29) is 0 Å². The molecule has 1 saturated heterocycles. The second-order valence-electron chi connectivity index (χ2n) is 4.02. The van der Waals surface area contributed by atoms with E-state index >= 15 is 0 Å². The molecule has 1 heteroatoms. The highest BCUT2D eigenvalue weighted by Crippen LogP contribution is 2.48. The van der Waals surface area contributed by atoms with Crippen LogP contribution in [0.15, 0.2) is 24.3 Å². The van der Waals surface area contributed by atoms with Gasteiger partial charge in [-0.3, -0.25) is 4.90 Å². The van der Waals surface area contributed by atoms with Crippen LogP contribution in [0.2, 0.25) is 0 Å². The van der Waals surface area contributed by atoms with Crippen LogP contribution in [0.3, 0.4) is 0 Å². The lowest BCUT2D eigenvalue weighted by atomic mass is 10.00. The van der Waals surface area contributed by atoms with Crippen LogP contribution in [-0.2, 0) is 0 Å². The normalized spacial score (nSPS) is 32.4. The molecule has 2 bridgehead atoms. The Balaban J connectivity index is 2.17. The van der Waals surface area contributed by atoms with Gasteiger partial charge in [0.2, 0.25) is 0 Å². The summed E-state index contributed by atoms with van der Waals surface area (Å²) >= 11 is 0. The minimum atomic E-state index is 0.728. The van der Waals surface area contributed by atoms with Gasteiger partial charge in [0, 0.05) is 12.6 Å². The molecular weight excluding hydrogens is 146 g/mol. The maximum absolute atomic E-state index is 2.48. The van der Waals surface area contributed by atoms with Crippen molar-refractivity contribution in [2.24, 2.45) is 0 Å². The van der Waals surface area contributed by atoms with E-state index in [0.29, 0.717) is 0 Å². The van der Waals surface area contributed by atoms with Crippen LogP contribution in [0.5, 0.6) is 0 Å². The zero-order chi connectivity index (χ0) is 8.13. The summed E-state index contributed by atoms with van der Waals surface area (Å²) in [6, 6.07) is 9.64. The van der Waals surface area contributed by atoms with Gasteiger partial charge in [-0.05, 0) is 30.5 Å². The van der Waals surface area contributed by atoms with Crippen molar-refractivity contribution in [1.29, 1.82) is 0 Å². The molecule has 0 N–H and O–H groups in total. The predicted octanol–water partition coefficient (Wildman–Crippen LogP) is 2.16. The van der Waals surface area contributed by atoms with Crippen molar-refractivity contribution in [3.05, 3.63) is 35.4 Å². The quantitative estimate of drug-likeness (QED) is 0.560. The molecule has 1 fully saturated rings. The maximum Gasteiger partial charge on any atom is 0.0354 e. The summed E-state index contributed by atoms with van der Waals surface area (Å²) in [5.74, 6) is 0.830. The topological polar surface area (TPSA) is 3.24 Å². The first-order valence-corrected chi connectivity index (χ1v) is 4.65. The fourth-order valence-electron chi connectivity index (χ4n) is 2.77. The van der Waals surface area contributed by atoms with Gasteiger partial charge in [0.05, 0.1) is 0 Å². The van der Waals surface area contributed by atoms with Crippen LogP contribution < -0.4 is 0 Å². The molecule has 1 aliphatic heterocycles. The maximum atomic E-state index is 2.48. The molecule has 1 nitrogen and oxygen atoms in total. The van der Waals surface area contributed by atoms with Crippen LogP contribution in [0.4, 0.5) is 0 Å². The number of benzene rings is 1. The zero-order valence-electron chi connectivity index (χ0n) is 7.33. The van der Waals surface area contributed by atoms with Crippen molar-refractivity contribution in [2.75, 3.05) is 13.6 Å². The van der Waals surface area contributed by atoms with E-state index in [4.69, 9.17) is 0 Å². The van der Waals surface area contributed by atoms with Crippen molar-refractivity contribution in [1.82, 2.24) is 4.90 Å². The highest BCUT2D eigenvalue weighted by molar-refractivity contribution is 5.40. The van der Waals surface area contributed by atoms with Crippen LogP contribution >= 0.6 is 0 Å². The third-order valence-electron chi connectivity index (χ3n) is 3.34. The Hall–Kier alpha value is -0.820. The molecule has 2 atom stereocenters. The van der Waals surface area contributed by atoms with Crippen LogP contribution in [-0.4, -0.2) is 18.5 Å². The van der Waals surface area contributed by atoms with Gasteiger partial charge in [0.25, 0.3) is 0 Å². The van der Waals surface area contributed by atoms with Gasteiger partial charge in [0.1, 0.15) is 0 Å². The lowest BCUT2D eigenvalue weighted by Crippen LogP contribution is -2.22. The summed E-state index contributed by atoms with van der Waals surface area (Å²) < 4.78 is 0. The molecule has 1 heterocycles. The lowest BCUT2D eigenvalue weighted by molar-refractivity contribution is 0.307. The Labute approximate surface area is 73.0 Å². The standard InChI is InChI=1S/C11H13N/c1-12-7-8-6-11(12)10-5-3-2-4-9(8)10/h2-5,8,11H,6-7H2,1H3/t8-,11-/m0/s1. The van der Waals surface area contributed by atoms with Gasteiger partial charge in [0.15, 0.2) is 0 Å². The zero-order valence-corrected chi connectivity index (χ0v) is 7.33. The molecule has 0 amide bonds. The number of nitrogens with zero attached hydrogens (tertiary/aromatic N) is 1. The van der Waals surface area contributed by atoms with Crippen molar-refractivity contribution in [3.8, 4) is 0 Å². The van der Waals surface area contributed by atoms with Crippen molar-refractivity contribution < 1.29 is 0 Å². The Bertz CT molecular complexity index is 319. The van der Waals surface area contributed by atoms with E-state index in [2.05, 4.69) is 36.2 Å². The molecule has 0 spiro atoms. The Kier molecular flexibility index (Phi) is 1.17. The summed E-state index contributed by atoms with van der Waals surface area (Å²) in [7, 11) is 2.24. The Morgan fingerprint density at radius 1 is 1.25 bits per heavy atom. The number of hydrogen-bond acceptors (Lipinski definition) is 1. The van der Waals surface area contributed by atoms with E-state index < -0.39 is 0 Å². The lowest BCUT2D eigenvalue weighted by Gasteiger charge is -2.24. The largest absolute Gasteiger partial charge is 0.299 e. The fourth-order valence-corrected chi connectivity index (χ4v) is 2.77. The van der Waals surface area contributed by atoms with Crippen molar-refractivity contribution >= 4 is 0 Å². The van der Waals surface area contributed by atoms with Gasteiger partial charge in [-0.1, -0.05) is 24.3 Å². The number of likely N-dealkylation sites (tertiary alicyclic amines) is 1. The highest BCUT2D eigenvalue weighted by atomic mass is 15.2. The molecule has 0 saturated carbocycles. The van der Waals surface area contributed by atoms with E-state index in [9.17, 15) is 0 Å². The van der Waals surface area contributed by atoms with Gasteiger partial charge in [-0.15, -0.1) is 0 Å². The summed E-state index contributed by atoms with van der Waals surface area (Å²) in [4.78, 5) is 2.48. The molecule has 0 radical (unpaired) electrons. The predicted molar refractivity (Wildman–Crippen MR) is 49.2 cm³/mol. The summed E-state index contributed by atoms with van der Waals surface area (Å²) in [6.45, 7) is 1.27. The molecule has 0 aromatic heterocycles. The molecular formula is C11H13N. The molecule has 62 valence electrons. The van der Waals surface area contributed by atoms with Crippen LogP contribution in [0.1, 0.15) is 29.5 Å². The number of fused-ring (bicyclic) bond motifs is 5. The number of likely N-dealkylation sites (N-methyl/N-ethyl adjacent to an activating group) is 1. The average molecular weight is 159 g/mol. The second kappa shape index (κ2) is 2.11. The van der Waals surface area contributed by atoms with E-state index in [0.717, 1.165) is 12.0 Å². The molecule has 1 aromatic rings. The first-order valence-electron chi connectivity index (χ1n) is 4.65. The summed E-state index contributed by atoms with van der Waals surface area (Å²) in [6.07, 6.45) is 1.36. The monoisotopic (exact) mass is 159 g/mol. The molecule has 2 aliphatic rings. The number of hydrogen-bond donors (Lipinski definition) is 0. The Morgan fingerprint density at radius 2 is 2.00 bits per heavy atom. The highest BCUT2D eigenvalue weighted by Gasteiger charge is 2.39. The SMILES string of the molecule is CN1C[C@@H]2C[C@H]1c1ccccc12. The minimum absolute atomic E-state index is 0.728.